The van der Waals surface area contributed by atoms with Crippen molar-refractivity contribution in [1.82, 2.24) is 9.97 Å². The van der Waals surface area contributed by atoms with Crippen LogP contribution in [0.1, 0.15) is 34.8 Å². The second-order valence-corrected chi connectivity index (χ2v) is 7.99. The van der Waals surface area contributed by atoms with E-state index >= 15 is 0 Å². The summed E-state index contributed by atoms with van der Waals surface area (Å²) < 4.78 is 6.11. The second-order valence-electron chi connectivity index (χ2n) is 6.97. The van der Waals surface area contributed by atoms with Crippen LogP contribution < -0.4 is 9.61 Å². The number of fused-ring (bicyclic) bond motifs is 2. The fourth-order valence-electron chi connectivity index (χ4n) is 3.98. The third kappa shape index (κ3) is 2.96. The third-order valence-corrected chi connectivity index (χ3v) is 6.24. The molecule has 5 nitrogen and oxygen atoms in total. The first-order chi connectivity index (χ1) is 13.7. The Kier molecular flexibility index (Phi) is 4.13. The minimum absolute atomic E-state index is 0.00636. The van der Waals surface area contributed by atoms with Crippen LogP contribution in [0.25, 0.3) is 10.8 Å². The Balaban J connectivity index is 1.50. The fourth-order valence-corrected chi connectivity index (χ4v) is 4.86. The predicted molar refractivity (Wildman–Crippen MR) is 110 cm³/mol. The van der Waals surface area contributed by atoms with Gasteiger partial charge in [-0.05, 0) is 60.0 Å². The van der Waals surface area contributed by atoms with Gasteiger partial charge in [-0.15, -0.1) is 0 Å². The van der Waals surface area contributed by atoms with Crippen molar-refractivity contribution in [1.29, 1.82) is 0 Å². The number of nitrogens with one attached hydrogen (secondary N) is 1. The molecule has 0 saturated carbocycles. The van der Waals surface area contributed by atoms with E-state index in [2.05, 4.69) is 16.0 Å². The first-order valence-electron chi connectivity index (χ1n) is 9.25. The van der Waals surface area contributed by atoms with Gasteiger partial charge in [-0.2, -0.15) is 0 Å². The molecule has 1 aliphatic carbocycles. The van der Waals surface area contributed by atoms with E-state index in [0.717, 1.165) is 57.6 Å². The Labute approximate surface area is 165 Å². The number of aromatic hydroxyl groups is 1. The Hall–Kier alpha value is -3.12. The summed E-state index contributed by atoms with van der Waals surface area (Å²) in [5.41, 5.74) is 2.34. The lowest BCUT2D eigenvalue weighted by molar-refractivity contribution is 0.443. The van der Waals surface area contributed by atoms with E-state index < -0.39 is 0 Å². The van der Waals surface area contributed by atoms with Crippen molar-refractivity contribution in [2.45, 2.75) is 25.2 Å². The van der Waals surface area contributed by atoms with Gasteiger partial charge in [0, 0.05) is 17.5 Å². The van der Waals surface area contributed by atoms with Crippen LogP contribution in [0.5, 0.6) is 17.5 Å². The number of benzene rings is 2. The molecule has 2 aromatic carbocycles. The highest BCUT2D eigenvalue weighted by Crippen LogP contribution is 2.42. The Bertz CT molecular complexity index is 1220. The van der Waals surface area contributed by atoms with Gasteiger partial charge in [0.2, 0.25) is 11.8 Å². The van der Waals surface area contributed by atoms with Crippen LogP contribution >= 0.6 is 11.3 Å². The zero-order valence-corrected chi connectivity index (χ0v) is 15.8. The average molecular weight is 390 g/mol. The van der Waals surface area contributed by atoms with Crippen LogP contribution in [0.3, 0.4) is 0 Å². The molecule has 0 radical (unpaired) electrons. The summed E-state index contributed by atoms with van der Waals surface area (Å²) in [5, 5.41) is 12.1. The number of hydrogen-bond donors (Lipinski definition) is 2. The molecule has 0 spiro atoms. The number of hydrogen-bond acceptors (Lipinski definition) is 5. The van der Waals surface area contributed by atoms with Gasteiger partial charge in [0.25, 0.3) is 0 Å². The van der Waals surface area contributed by atoms with E-state index in [1.165, 1.54) is 5.56 Å². The van der Waals surface area contributed by atoms with Gasteiger partial charge in [0.15, 0.2) is 0 Å². The summed E-state index contributed by atoms with van der Waals surface area (Å²) in [6.45, 7) is 0. The quantitative estimate of drug-likeness (QED) is 0.519. The molecule has 1 aliphatic rings. The van der Waals surface area contributed by atoms with E-state index in [9.17, 15) is 9.90 Å². The molecule has 0 bridgehead atoms. The lowest BCUT2D eigenvalue weighted by Gasteiger charge is -2.25. The van der Waals surface area contributed by atoms with E-state index in [-0.39, 0.29) is 16.7 Å². The molecule has 2 aromatic heterocycles. The molecule has 28 heavy (non-hydrogen) atoms. The van der Waals surface area contributed by atoms with Crippen LogP contribution in [-0.4, -0.2) is 15.1 Å². The number of nitrogens with zero attached hydrogens (tertiary/aromatic N) is 1. The van der Waals surface area contributed by atoms with Crippen LogP contribution in [0, 0.1) is 0 Å². The van der Waals surface area contributed by atoms with Crippen molar-refractivity contribution < 1.29 is 9.84 Å². The third-order valence-electron chi connectivity index (χ3n) is 5.25. The summed E-state index contributed by atoms with van der Waals surface area (Å²) in [5.74, 6) is 1.37. The zero-order valence-electron chi connectivity index (χ0n) is 15.0. The molecule has 0 unspecified atom stereocenters. The van der Waals surface area contributed by atoms with Crippen LogP contribution in [0.4, 0.5) is 0 Å². The number of aromatic nitrogens is 2. The van der Waals surface area contributed by atoms with Gasteiger partial charge in [0.05, 0.1) is 4.88 Å². The van der Waals surface area contributed by atoms with Crippen molar-refractivity contribution in [3.63, 3.8) is 0 Å². The van der Waals surface area contributed by atoms with E-state index in [1.807, 2.05) is 42.5 Å². The molecular weight excluding hydrogens is 372 g/mol. The summed E-state index contributed by atoms with van der Waals surface area (Å²) in [7, 11) is 0. The first kappa shape index (κ1) is 17.0. The van der Waals surface area contributed by atoms with Gasteiger partial charge in [-0.25, -0.2) is 4.98 Å². The highest BCUT2D eigenvalue weighted by atomic mass is 32.1. The molecule has 1 atom stereocenters. The van der Waals surface area contributed by atoms with Gasteiger partial charge >= 0.3 is 4.87 Å². The topological polar surface area (TPSA) is 75.2 Å². The average Bonchev–Trinajstić information content (AvgIpc) is 3.05. The monoisotopic (exact) mass is 390 g/mol. The van der Waals surface area contributed by atoms with Crippen LogP contribution in [-0.2, 0) is 6.42 Å². The molecule has 6 heteroatoms. The number of ether oxygens (including phenoxy) is 1. The van der Waals surface area contributed by atoms with E-state index in [4.69, 9.17) is 4.74 Å². The summed E-state index contributed by atoms with van der Waals surface area (Å²) in [6.07, 6.45) is 4.62. The Morgan fingerprint density at radius 2 is 2.07 bits per heavy atom. The highest BCUT2D eigenvalue weighted by molar-refractivity contribution is 7.09. The summed E-state index contributed by atoms with van der Waals surface area (Å²) >= 11 is 1.09. The normalized spacial score (nSPS) is 16.1. The standard InChI is InChI=1S/C22H18N2O3S/c25-20-19(28-22(26)24-20)18-7-3-5-14-12-15(8-9-16(14)18)27-21-17-6-2-1-4-13(17)10-11-23-21/h1-2,4,6,8-12,18,25H,3,5,7H2,(H,24,26)/t18-/m0/s1. The SMILES string of the molecule is O=c1[nH]c(O)c([C@H]2CCCc3cc(Oc4nccc5ccccc45)ccc32)s1. The van der Waals surface area contributed by atoms with Gasteiger partial charge in [-0.1, -0.05) is 35.6 Å². The van der Waals surface area contributed by atoms with Crippen LogP contribution in [0.15, 0.2) is 59.5 Å². The number of aryl methyl sites for hydroxylation is 1. The highest BCUT2D eigenvalue weighted by Gasteiger charge is 2.26. The maximum absolute atomic E-state index is 11.6. The minimum atomic E-state index is -0.221. The number of aromatic amines is 1. The lowest BCUT2D eigenvalue weighted by atomic mass is 9.82. The van der Waals surface area contributed by atoms with Crippen molar-refractivity contribution >= 4 is 22.1 Å². The molecule has 140 valence electrons. The summed E-state index contributed by atoms with van der Waals surface area (Å²) in [4.78, 5) is 19.0. The van der Waals surface area contributed by atoms with Crippen molar-refractivity contribution in [2.75, 3.05) is 0 Å². The maximum atomic E-state index is 11.6. The Morgan fingerprint density at radius 1 is 1.18 bits per heavy atom. The maximum Gasteiger partial charge on any atom is 0.307 e. The summed E-state index contributed by atoms with van der Waals surface area (Å²) in [6, 6.07) is 16.0. The molecule has 4 aromatic rings. The fraction of sp³-hybridized carbons (Fsp3) is 0.182. The van der Waals surface area contributed by atoms with Crippen molar-refractivity contribution in [3.05, 3.63) is 80.4 Å². The number of H-pyrrole nitrogens is 1. The molecule has 2 heterocycles. The molecule has 0 saturated heterocycles. The smallest absolute Gasteiger partial charge is 0.307 e. The van der Waals surface area contributed by atoms with Gasteiger partial charge < -0.3 is 9.84 Å². The van der Waals surface area contributed by atoms with Crippen LogP contribution in [0.2, 0.25) is 0 Å². The molecule has 5 rings (SSSR count). The second kappa shape index (κ2) is 6.80. The van der Waals surface area contributed by atoms with E-state index in [1.54, 1.807) is 6.20 Å². The largest absolute Gasteiger partial charge is 0.494 e. The molecule has 0 fully saturated rings. The molecule has 0 aliphatic heterocycles. The number of rotatable bonds is 3. The van der Waals surface area contributed by atoms with Crippen molar-refractivity contribution in [2.24, 2.45) is 0 Å². The van der Waals surface area contributed by atoms with Crippen molar-refractivity contribution in [3.8, 4) is 17.5 Å². The number of pyridine rings is 1. The lowest BCUT2D eigenvalue weighted by Crippen LogP contribution is -2.10. The first-order valence-corrected chi connectivity index (χ1v) is 10.1. The predicted octanol–water partition coefficient (Wildman–Crippen LogP) is 4.95. The van der Waals surface area contributed by atoms with Gasteiger partial charge in [-0.3, -0.25) is 9.78 Å². The molecule has 0 amide bonds. The Morgan fingerprint density at radius 3 is 2.93 bits per heavy atom. The zero-order chi connectivity index (χ0) is 19.1. The molecular formula is C22H18N2O3S. The molecule has 2 N–H and O–H groups in total. The van der Waals surface area contributed by atoms with E-state index in [0.29, 0.717) is 5.88 Å². The number of thiazole rings is 1. The minimum Gasteiger partial charge on any atom is -0.494 e. The van der Waals surface area contributed by atoms with Gasteiger partial charge in [0.1, 0.15) is 5.75 Å².